The van der Waals surface area contributed by atoms with Crippen molar-refractivity contribution in [3.05, 3.63) is 233 Å². The number of likely N-dealkylation sites (N-methyl/N-ethyl adjacent to an activating group) is 4. The van der Waals surface area contributed by atoms with Crippen LogP contribution in [0, 0.1) is 19.7 Å². The Hall–Kier alpha value is -13.1. The average molecular weight is 1800 g/mol. The van der Waals surface area contributed by atoms with Crippen LogP contribution in [0.3, 0.4) is 0 Å². The Kier molecular flexibility index (Phi) is 30.2. The fourth-order valence-electron chi connectivity index (χ4n) is 20.6. The minimum Gasteiger partial charge on any atom is -0.462 e. The summed E-state index contributed by atoms with van der Waals surface area (Å²) in [6.07, 6.45) is 14.0. The van der Waals surface area contributed by atoms with E-state index in [0.717, 1.165) is 155 Å². The zero-order chi connectivity index (χ0) is 92.8. The maximum atomic E-state index is 13.2. The van der Waals surface area contributed by atoms with Gasteiger partial charge in [-0.15, -0.1) is 0 Å². The lowest BCUT2D eigenvalue weighted by Gasteiger charge is -2.41. The van der Waals surface area contributed by atoms with Gasteiger partial charge in [-0.2, -0.15) is 24.9 Å². The third-order valence-electron chi connectivity index (χ3n) is 27.8. The summed E-state index contributed by atoms with van der Waals surface area (Å²) in [5, 5.41) is 7.37. The van der Waals surface area contributed by atoms with Gasteiger partial charge in [0.15, 0.2) is 0 Å². The van der Waals surface area contributed by atoms with Gasteiger partial charge in [0, 0.05) is 186 Å². The number of carbonyl (C=O) groups excluding carboxylic acids is 4. The van der Waals surface area contributed by atoms with E-state index in [-0.39, 0.29) is 67.4 Å². The maximum Gasteiger partial charge on any atom is 0.318 e. The lowest BCUT2D eigenvalue weighted by Crippen LogP contribution is -2.56. The molecule has 9 aliphatic heterocycles. The van der Waals surface area contributed by atoms with Gasteiger partial charge >= 0.3 is 12.0 Å². The van der Waals surface area contributed by atoms with Crippen LogP contribution in [0.25, 0.3) is 46.9 Å². The van der Waals surface area contributed by atoms with Crippen LogP contribution >= 0.6 is 0 Å². The standard InChI is InChI=1S/C36H46N8O2.C35H42N8O3.C32H38N8O/c1-5-41-19-9-13-28(41)26-46-36-38-32-25-42(33-15-8-12-27-11-6-7-14-30(27)33)20-17-31(32)35(39-36)43-21-22-44(29(24-43)23-37-2)34(45)16-10-18-40(3)4;1-5-32(44)43-19-18-42(21-27(43)20-36-2)34-29-15-17-41(31-14-8-11-25-10-6-7-13-28(25)31)22-30(29)37-35(38-34)46-24-26-12-9-16-40(26)23-33(45)39(3)4;1-5-30(41)40-18-17-38(21-25(40)19-33-2)31-27-14-16-37(29-12-8-10-23-9-6-7-11-26(23)29)22-28(27)34-32(35-31)39-15-13-24(20-39)36(3)4/h6-8,10-12,14-16,28-29H,5,9,13,17-26H2,1,3-4H3;5-8,10-11,13-14,26-27H,1,9,12,15-24H2,3-4H3;5-12,24-25H,1,13-22H2,3-4H3/b16-10+;;/t28-,29-;26-,27-;24-,25-/m000/s1. The zero-order valence-electron chi connectivity index (χ0n) is 78.2. The van der Waals surface area contributed by atoms with Crippen LogP contribution in [0.1, 0.15) is 72.8 Å². The van der Waals surface area contributed by atoms with Gasteiger partial charge in [0.25, 0.3) is 0 Å². The monoisotopic (exact) mass is 1800 g/mol. The van der Waals surface area contributed by atoms with Crippen molar-refractivity contribution in [1.82, 2.24) is 69.1 Å². The van der Waals surface area contributed by atoms with E-state index in [0.29, 0.717) is 122 Å². The van der Waals surface area contributed by atoms with Crippen LogP contribution in [0.4, 0.5) is 40.5 Å². The fourth-order valence-corrected chi connectivity index (χ4v) is 20.6. The Morgan fingerprint density at radius 3 is 1.25 bits per heavy atom. The molecule has 0 radical (unpaired) electrons. The first-order valence-electron chi connectivity index (χ1n) is 47.2. The Bertz CT molecular complexity index is 5850. The molecule has 30 heteroatoms. The Morgan fingerprint density at radius 1 is 0.436 bits per heavy atom. The summed E-state index contributed by atoms with van der Waals surface area (Å²) in [6, 6.07) is 46.0. The van der Waals surface area contributed by atoms with Crippen molar-refractivity contribution < 1.29 is 28.7 Å². The third-order valence-corrected chi connectivity index (χ3v) is 27.8. The largest absolute Gasteiger partial charge is 0.462 e. The SMILES string of the molecule is [C-]#[N+]C[C@H]1CN(c2nc(N3CC[C@H](N(C)C)C3)nc3c2CCN(c2cccc4ccccc24)C3)CCN1C(=O)C=C.[C-]#[N+]C[C@H]1CN(c2nc(OC[C@@H]3CCCN3CC(=O)N(C)C)nc3c2CCN(c2cccc4ccccc24)C3)CCN1C(=O)C=C.[C-]#[N+]C[C@H]1CN(c2nc(OC[C@@H]3CCCN3CC)nc3c2CCN(c2cccc4ccccc24)C3)CCN1C(=O)/C=C/CN(C)C. The predicted molar refractivity (Wildman–Crippen MR) is 527 cm³/mol. The summed E-state index contributed by atoms with van der Waals surface area (Å²) < 4.78 is 12.8. The lowest BCUT2D eigenvalue weighted by molar-refractivity contribution is -0.130. The van der Waals surface area contributed by atoms with Crippen molar-refractivity contribution in [1.29, 1.82) is 0 Å². The number of rotatable bonds is 25. The summed E-state index contributed by atoms with van der Waals surface area (Å²) in [5.74, 6) is 3.25. The van der Waals surface area contributed by atoms with Crippen LogP contribution < -0.4 is 43.8 Å². The number of anilines is 7. The number of fused-ring (bicyclic) bond motifs is 6. The number of nitrogens with zero attached hydrogens (tertiary/aromatic N) is 24. The highest BCUT2D eigenvalue weighted by Crippen LogP contribution is 2.41. The molecule has 4 amide bonds. The maximum absolute atomic E-state index is 13.2. The molecule has 6 saturated heterocycles. The highest BCUT2D eigenvalue weighted by atomic mass is 16.5. The molecule has 30 nitrogen and oxygen atoms in total. The van der Waals surface area contributed by atoms with E-state index in [1.54, 1.807) is 34.9 Å². The van der Waals surface area contributed by atoms with Crippen LogP contribution in [-0.2, 0) is 58.1 Å². The lowest BCUT2D eigenvalue weighted by atomic mass is 10.0. The normalized spacial score (nSPS) is 20.4. The van der Waals surface area contributed by atoms with Gasteiger partial charge in [-0.25, -0.2) is 24.7 Å². The Morgan fingerprint density at radius 2 is 0.842 bits per heavy atom. The number of benzene rings is 6. The van der Waals surface area contributed by atoms with E-state index >= 15 is 0 Å². The first kappa shape index (κ1) is 93.2. The second-order valence-electron chi connectivity index (χ2n) is 36.7. The molecule has 0 aliphatic carbocycles. The van der Waals surface area contributed by atoms with E-state index in [9.17, 15) is 19.2 Å². The van der Waals surface area contributed by atoms with Gasteiger partial charge in [-0.05, 0) is 146 Å². The van der Waals surface area contributed by atoms with Crippen molar-refractivity contribution in [3.63, 3.8) is 0 Å². The molecule has 6 fully saturated rings. The number of hydrogen-bond acceptors (Lipinski definition) is 23. The van der Waals surface area contributed by atoms with Gasteiger partial charge in [-0.3, -0.25) is 29.0 Å². The molecule has 0 saturated carbocycles. The van der Waals surface area contributed by atoms with E-state index in [2.05, 4.69) is 225 Å². The van der Waals surface area contributed by atoms with Crippen LogP contribution in [-0.4, -0.2) is 328 Å². The summed E-state index contributed by atoms with van der Waals surface area (Å²) in [5.41, 5.74) is 10.0. The molecule has 0 bridgehead atoms. The van der Waals surface area contributed by atoms with Gasteiger partial charge in [0.1, 0.15) is 48.8 Å². The molecule has 6 atom stereocenters. The molecule has 6 aromatic carbocycles. The van der Waals surface area contributed by atoms with E-state index in [4.69, 9.17) is 59.1 Å². The number of amides is 4. The quantitative estimate of drug-likeness (QED) is 0.0383. The Balaban J connectivity index is 0.000000146. The number of carbonyl (C=O) groups is 4. The van der Waals surface area contributed by atoms with E-state index in [1.807, 2.05) is 30.0 Å². The van der Waals surface area contributed by atoms with Crippen molar-refractivity contribution in [3.8, 4) is 12.0 Å². The van der Waals surface area contributed by atoms with Gasteiger partial charge < -0.3 is 87.7 Å². The molecule has 9 aromatic rings. The van der Waals surface area contributed by atoms with Crippen LogP contribution in [0.15, 0.2) is 165 Å². The molecule has 9 aliphatic rings. The summed E-state index contributed by atoms with van der Waals surface area (Å²) >= 11 is 0. The summed E-state index contributed by atoms with van der Waals surface area (Å²) in [4.78, 5) is 125. The summed E-state index contributed by atoms with van der Waals surface area (Å²) in [7, 11) is 11.8. The average Bonchev–Trinajstić information content (AvgIpc) is 1.27. The number of hydrogen-bond donors (Lipinski definition) is 0. The van der Waals surface area contributed by atoms with Gasteiger partial charge in [0.05, 0.1) is 43.3 Å². The highest BCUT2D eigenvalue weighted by molar-refractivity contribution is 5.97. The first-order valence-corrected chi connectivity index (χ1v) is 47.2. The molecule has 0 N–H and O–H groups in total. The second-order valence-corrected chi connectivity index (χ2v) is 36.7. The Labute approximate surface area is 782 Å². The zero-order valence-corrected chi connectivity index (χ0v) is 78.2. The van der Waals surface area contributed by atoms with Crippen molar-refractivity contribution in [2.75, 3.05) is 234 Å². The first-order chi connectivity index (χ1) is 64.8. The molecule has 18 rings (SSSR count). The molecule has 133 heavy (non-hydrogen) atoms. The molecule has 694 valence electrons. The minimum atomic E-state index is -0.260. The summed E-state index contributed by atoms with van der Waals surface area (Å²) in [6.45, 7) is 49.5. The van der Waals surface area contributed by atoms with Crippen molar-refractivity contribution in [2.45, 2.75) is 114 Å². The third kappa shape index (κ3) is 21.4. The molecular formula is C103H126N24O6. The molecule has 0 spiro atoms. The topological polar surface area (TPSA) is 226 Å². The molecule has 12 heterocycles. The van der Waals surface area contributed by atoms with E-state index in [1.165, 1.54) is 73.5 Å². The van der Waals surface area contributed by atoms with Gasteiger partial charge in [-0.1, -0.05) is 135 Å². The second kappa shape index (κ2) is 43.1. The molecular weight excluding hydrogens is 1670 g/mol. The van der Waals surface area contributed by atoms with Crippen molar-refractivity contribution >= 4 is 96.4 Å². The van der Waals surface area contributed by atoms with E-state index < -0.39 is 0 Å². The van der Waals surface area contributed by atoms with Crippen LogP contribution in [0.5, 0.6) is 12.0 Å². The van der Waals surface area contributed by atoms with Crippen molar-refractivity contribution in [2.24, 2.45) is 0 Å². The smallest absolute Gasteiger partial charge is 0.318 e. The van der Waals surface area contributed by atoms with Crippen LogP contribution in [0.2, 0.25) is 0 Å². The number of aromatic nitrogens is 6. The molecule has 3 aromatic heterocycles. The van der Waals surface area contributed by atoms with Gasteiger partial charge in [0.2, 0.25) is 49.2 Å². The minimum absolute atomic E-state index is 0.0355. The predicted octanol–water partition coefficient (Wildman–Crippen LogP) is 10.8. The number of ether oxygens (including phenoxy) is 2. The fraction of sp³-hybridized carbons (Fsp3) is 0.466. The number of likely N-dealkylation sites (tertiary alicyclic amines) is 2. The highest BCUT2D eigenvalue weighted by Gasteiger charge is 2.41. The number of piperazine rings is 3. The molecule has 0 unspecified atom stereocenters.